The Kier molecular flexibility index (Phi) is 4.20. The van der Waals surface area contributed by atoms with Gasteiger partial charge in [0.1, 0.15) is 0 Å². The summed E-state index contributed by atoms with van der Waals surface area (Å²) in [5.41, 5.74) is 8.22. The van der Waals surface area contributed by atoms with Crippen molar-refractivity contribution >= 4 is 5.69 Å². The molecule has 0 aromatic heterocycles. The number of nitrogens with two attached hydrogens (primary N) is 1. The van der Waals surface area contributed by atoms with Gasteiger partial charge >= 0.3 is 0 Å². The van der Waals surface area contributed by atoms with Gasteiger partial charge in [0.25, 0.3) is 0 Å². The summed E-state index contributed by atoms with van der Waals surface area (Å²) in [6.07, 6.45) is 5.35. The summed E-state index contributed by atoms with van der Waals surface area (Å²) in [5, 5.41) is 0. The molecule has 0 spiro atoms. The van der Waals surface area contributed by atoms with Crippen LogP contribution in [-0.2, 0) is 0 Å². The van der Waals surface area contributed by atoms with Gasteiger partial charge in [-0.3, -0.25) is 0 Å². The van der Waals surface area contributed by atoms with E-state index in [0.29, 0.717) is 6.54 Å². The molecule has 0 aliphatic heterocycles. The number of rotatable bonds is 4. The van der Waals surface area contributed by atoms with Crippen LogP contribution in [0, 0.1) is 12.3 Å². The molecule has 1 rings (SSSR count). The van der Waals surface area contributed by atoms with E-state index in [4.69, 9.17) is 12.2 Å². The van der Waals surface area contributed by atoms with Gasteiger partial charge in [-0.25, -0.2) is 0 Å². The zero-order chi connectivity index (χ0) is 11.3. The van der Waals surface area contributed by atoms with Gasteiger partial charge < -0.3 is 10.6 Å². The highest BCUT2D eigenvalue weighted by molar-refractivity contribution is 5.55. The molecule has 2 heteroatoms. The van der Waals surface area contributed by atoms with Gasteiger partial charge in [-0.05, 0) is 25.5 Å². The number of anilines is 1. The van der Waals surface area contributed by atoms with Gasteiger partial charge in [0.15, 0.2) is 0 Å². The number of hydrogen-bond acceptors (Lipinski definition) is 2. The number of nitrogens with zero attached hydrogens (tertiary/aromatic N) is 1. The fourth-order valence-corrected chi connectivity index (χ4v) is 1.64. The molecular formula is C13H18N2. The number of para-hydroxylation sites is 1. The van der Waals surface area contributed by atoms with Crippen molar-refractivity contribution in [2.75, 3.05) is 18.0 Å². The fraction of sp³-hybridized carbons (Fsp3) is 0.385. The molecule has 0 fully saturated rings. The third-order valence-corrected chi connectivity index (χ3v) is 2.43. The van der Waals surface area contributed by atoms with Crippen LogP contribution in [0.1, 0.15) is 25.5 Å². The summed E-state index contributed by atoms with van der Waals surface area (Å²) in [4.78, 5) is 2.15. The van der Waals surface area contributed by atoms with Crippen LogP contribution in [0.2, 0.25) is 0 Å². The van der Waals surface area contributed by atoms with Crippen LogP contribution in [0.3, 0.4) is 0 Å². The number of benzene rings is 1. The third kappa shape index (κ3) is 2.74. The van der Waals surface area contributed by atoms with E-state index < -0.39 is 0 Å². The first kappa shape index (κ1) is 11.6. The molecule has 0 heterocycles. The molecule has 0 bridgehead atoms. The molecular weight excluding hydrogens is 184 g/mol. The summed E-state index contributed by atoms with van der Waals surface area (Å²) in [6, 6.07) is 8.18. The van der Waals surface area contributed by atoms with Crippen molar-refractivity contribution in [3.05, 3.63) is 29.8 Å². The molecule has 0 saturated carbocycles. The van der Waals surface area contributed by atoms with Gasteiger partial charge in [0.2, 0.25) is 0 Å². The molecule has 2 nitrogen and oxygen atoms in total. The summed E-state index contributed by atoms with van der Waals surface area (Å²) in [5.74, 6) is 2.67. The first-order valence-corrected chi connectivity index (χ1v) is 5.23. The van der Waals surface area contributed by atoms with E-state index in [1.165, 1.54) is 0 Å². The second kappa shape index (κ2) is 5.43. The van der Waals surface area contributed by atoms with Crippen LogP contribution in [0.5, 0.6) is 0 Å². The maximum atomic E-state index is 5.92. The lowest BCUT2D eigenvalue weighted by Gasteiger charge is -2.24. The van der Waals surface area contributed by atoms with Crippen LogP contribution in [0.15, 0.2) is 24.3 Å². The van der Waals surface area contributed by atoms with E-state index in [2.05, 4.69) is 29.9 Å². The Morgan fingerprint density at radius 3 is 2.67 bits per heavy atom. The van der Waals surface area contributed by atoms with E-state index in [0.717, 1.165) is 17.8 Å². The number of terminal acetylenes is 1. The zero-order valence-electron chi connectivity index (χ0n) is 9.40. The van der Waals surface area contributed by atoms with E-state index in [9.17, 15) is 0 Å². The smallest absolute Gasteiger partial charge is 0.0791 e. The van der Waals surface area contributed by atoms with E-state index >= 15 is 0 Å². The molecule has 0 radical (unpaired) electrons. The molecule has 1 atom stereocenters. The fourth-order valence-electron chi connectivity index (χ4n) is 1.64. The Labute approximate surface area is 92.1 Å². The van der Waals surface area contributed by atoms with Gasteiger partial charge in [-0.15, -0.1) is 6.42 Å². The van der Waals surface area contributed by atoms with Crippen LogP contribution < -0.4 is 10.6 Å². The lowest BCUT2D eigenvalue weighted by Crippen LogP contribution is -2.25. The summed E-state index contributed by atoms with van der Waals surface area (Å²) >= 11 is 0. The quantitative estimate of drug-likeness (QED) is 0.758. The highest BCUT2D eigenvalue weighted by Gasteiger charge is 2.10. The minimum absolute atomic E-state index is 0.0352. The van der Waals surface area contributed by atoms with Gasteiger partial charge in [0.05, 0.1) is 6.54 Å². The van der Waals surface area contributed by atoms with E-state index in [1.807, 2.05) is 19.1 Å². The number of hydrogen-bond donors (Lipinski definition) is 1. The lowest BCUT2D eigenvalue weighted by molar-refractivity contribution is 0.800. The standard InChI is InChI=1S/C13H18N2/c1-4-10-15(5-2)13-9-7-6-8-12(13)11(3)14/h1,6-9,11H,5,10,14H2,2-3H3/t11-/m1/s1. The lowest BCUT2D eigenvalue weighted by atomic mass is 10.1. The molecule has 0 saturated heterocycles. The first-order valence-electron chi connectivity index (χ1n) is 5.23. The average molecular weight is 202 g/mol. The SMILES string of the molecule is C#CCN(CC)c1ccccc1[C@@H](C)N. The Hall–Kier alpha value is -1.46. The van der Waals surface area contributed by atoms with Crippen molar-refractivity contribution in [1.82, 2.24) is 0 Å². The maximum absolute atomic E-state index is 5.92. The van der Waals surface area contributed by atoms with Crippen molar-refractivity contribution in [3.63, 3.8) is 0 Å². The molecule has 80 valence electrons. The third-order valence-electron chi connectivity index (χ3n) is 2.43. The van der Waals surface area contributed by atoms with Crippen LogP contribution in [-0.4, -0.2) is 13.1 Å². The summed E-state index contributed by atoms with van der Waals surface area (Å²) in [7, 11) is 0. The van der Waals surface area contributed by atoms with Gasteiger partial charge in [-0.1, -0.05) is 24.1 Å². The van der Waals surface area contributed by atoms with Crippen molar-refractivity contribution in [1.29, 1.82) is 0 Å². The maximum Gasteiger partial charge on any atom is 0.0791 e. The Morgan fingerprint density at radius 2 is 2.13 bits per heavy atom. The molecule has 0 amide bonds. The normalized spacial score (nSPS) is 11.9. The first-order chi connectivity index (χ1) is 7.20. The minimum atomic E-state index is 0.0352. The van der Waals surface area contributed by atoms with Crippen molar-refractivity contribution in [3.8, 4) is 12.3 Å². The molecule has 15 heavy (non-hydrogen) atoms. The highest BCUT2D eigenvalue weighted by Crippen LogP contribution is 2.24. The molecule has 1 aromatic rings. The molecule has 0 aliphatic rings. The molecule has 0 aliphatic carbocycles. The molecule has 0 unspecified atom stereocenters. The average Bonchev–Trinajstić information content (AvgIpc) is 2.26. The van der Waals surface area contributed by atoms with Gasteiger partial charge in [0, 0.05) is 18.3 Å². The van der Waals surface area contributed by atoms with Crippen LogP contribution in [0.25, 0.3) is 0 Å². The molecule has 1 aromatic carbocycles. The van der Waals surface area contributed by atoms with Crippen LogP contribution >= 0.6 is 0 Å². The van der Waals surface area contributed by atoms with Crippen molar-refractivity contribution < 1.29 is 0 Å². The van der Waals surface area contributed by atoms with E-state index in [1.54, 1.807) is 0 Å². The highest BCUT2D eigenvalue weighted by atomic mass is 15.1. The Bertz CT molecular complexity index is 350. The summed E-state index contributed by atoms with van der Waals surface area (Å²) < 4.78 is 0. The predicted molar refractivity (Wildman–Crippen MR) is 65.8 cm³/mol. The second-order valence-corrected chi connectivity index (χ2v) is 3.57. The topological polar surface area (TPSA) is 29.3 Å². The largest absolute Gasteiger partial charge is 0.360 e. The van der Waals surface area contributed by atoms with E-state index in [-0.39, 0.29) is 6.04 Å². The predicted octanol–water partition coefficient (Wildman–Crippen LogP) is 2.17. The molecule has 2 N–H and O–H groups in total. The second-order valence-electron chi connectivity index (χ2n) is 3.57. The van der Waals surface area contributed by atoms with Crippen molar-refractivity contribution in [2.24, 2.45) is 5.73 Å². The van der Waals surface area contributed by atoms with Crippen molar-refractivity contribution in [2.45, 2.75) is 19.9 Å². The minimum Gasteiger partial charge on any atom is -0.360 e. The summed E-state index contributed by atoms with van der Waals surface area (Å²) in [6.45, 7) is 5.60. The van der Waals surface area contributed by atoms with Crippen LogP contribution in [0.4, 0.5) is 5.69 Å². The monoisotopic (exact) mass is 202 g/mol. The zero-order valence-corrected chi connectivity index (χ0v) is 9.40. The Morgan fingerprint density at radius 1 is 1.47 bits per heavy atom. The Balaban J connectivity index is 3.06. The van der Waals surface area contributed by atoms with Gasteiger partial charge in [-0.2, -0.15) is 0 Å².